The second kappa shape index (κ2) is 15.1. The Hall–Kier alpha value is -3.36. The predicted molar refractivity (Wildman–Crippen MR) is 156 cm³/mol. The normalized spacial score (nSPS) is 11.8. The van der Waals surface area contributed by atoms with E-state index in [4.69, 9.17) is 0 Å². The van der Waals surface area contributed by atoms with Crippen molar-refractivity contribution in [3.05, 3.63) is 83.9 Å². The van der Waals surface area contributed by atoms with E-state index >= 15 is 0 Å². The van der Waals surface area contributed by atoms with E-state index in [1.54, 1.807) is 4.90 Å². The standard InChI is InChI=1S/C30H38N4O3S/c1-23(35)38-20-19-34(17-15-24-9-5-4-6-10-24)30(37)32-28(29(36)31-16-18-33(2)3)22-25-13-14-26-11-7-8-12-27(26)21-25/h4-14,21,28H,15-20,22H2,1-3H3,(H,31,36)(H,32,37). The Balaban J connectivity index is 1.75. The third-order valence-electron chi connectivity index (χ3n) is 6.19. The molecule has 0 aliphatic heterocycles. The van der Waals surface area contributed by atoms with E-state index in [-0.39, 0.29) is 17.1 Å². The average molecular weight is 535 g/mol. The maximum atomic E-state index is 13.5. The maximum absolute atomic E-state index is 13.5. The summed E-state index contributed by atoms with van der Waals surface area (Å²) < 4.78 is 0. The maximum Gasteiger partial charge on any atom is 0.318 e. The van der Waals surface area contributed by atoms with Crippen molar-refractivity contribution in [3.63, 3.8) is 0 Å². The SMILES string of the molecule is CC(=O)SCCN(CCc1ccccc1)C(=O)NC(Cc1ccc2ccccc2c1)C(=O)NCCN(C)C. The number of amides is 3. The molecule has 0 radical (unpaired) electrons. The van der Waals surface area contributed by atoms with Gasteiger partial charge in [-0.15, -0.1) is 0 Å². The minimum atomic E-state index is -0.731. The van der Waals surface area contributed by atoms with Crippen molar-refractivity contribution >= 4 is 39.6 Å². The van der Waals surface area contributed by atoms with Gasteiger partial charge in [-0.2, -0.15) is 0 Å². The van der Waals surface area contributed by atoms with Crippen LogP contribution in [0.15, 0.2) is 72.8 Å². The van der Waals surface area contributed by atoms with E-state index in [2.05, 4.69) is 22.8 Å². The van der Waals surface area contributed by atoms with Gasteiger partial charge in [-0.05, 0) is 42.4 Å². The molecule has 0 saturated carbocycles. The van der Waals surface area contributed by atoms with Gasteiger partial charge in [-0.1, -0.05) is 84.6 Å². The van der Waals surface area contributed by atoms with Crippen LogP contribution in [-0.4, -0.2) is 78.9 Å². The Morgan fingerprint density at radius 2 is 1.55 bits per heavy atom. The van der Waals surface area contributed by atoms with Gasteiger partial charge in [0.05, 0.1) is 0 Å². The number of nitrogens with one attached hydrogen (secondary N) is 2. The summed E-state index contributed by atoms with van der Waals surface area (Å²) in [5, 5.41) is 8.20. The number of thioether (sulfide) groups is 1. The number of carbonyl (C=O) groups is 3. The monoisotopic (exact) mass is 534 g/mol. The average Bonchev–Trinajstić information content (AvgIpc) is 2.90. The van der Waals surface area contributed by atoms with Gasteiger partial charge < -0.3 is 20.4 Å². The lowest BCUT2D eigenvalue weighted by Gasteiger charge is -2.26. The summed E-state index contributed by atoms with van der Waals surface area (Å²) in [7, 11) is 3.90. The first-order valence-corrected chi connectivity index (χ1v) is 13.9. The molecule has 0 heterocycles. The summed E-state index contributed by atoms with van der Waals surface area (Å²) in [6, 6.07) is 23.1. The van der Waals surface area contributed by atoms with Crippen LogP contribution in [0.1, 0.15) is 18.1 Å². The third-order valence-corrected chi connectivity index (χ3v) is 6.99. The van der Waals surface area contributed by atoms with Crippen molar-refractivity contribution in [1.29, 1.82) is 0 Å². The quantitative estimate of drug-likeness (QED) is 0.347. The second-order valence-electron chi connectivity index (χ2n) is 9.54. The second-order valence-corrected chi connectivity index (χ2v) is 10.8. The number of rotatable bonds is 13. The number of urea groups is 1. The molecule has 1 atom stereocenters. The lowest BCUT2D eigenvalue weighted by molar-refractivity contribution is -0.123. The van der Waals surface area contributed by atoms with Crippen LogP contribution in [0.2, 0.25) is 0 Å². The summed E-state index contributed by atoms with van der Waals surface area (Å²) >= 11 is 1.20. The summed E-state index contributed by atoms with van der Waals surface area (Å²) in [6.45, 7) is 3.61. The van der Waals surface area contributed by atoms with E-state index in [9.17, 15) is 14.4 Å². The lowest BCUT2D eigenvalue weighted by Crippen LogP contribution is -2.53. The van der Waals surface area contributed by atoms with Crippen LogP contribution in [0.3, 0.4) is 0 Å². The Labute approximate surface area is 230 Å². The first kappa shape index (κ1) is 29.2. The molecule has 202 valence electrons. The Morgan fingerprint density at radius 3 is 2.26 bits per heavy atom. The molecule has 0 saturated heterocycles. The number of fused-ring (bicyclic) bond motifs is 1. The van der Waals surface area contributed by atoms with Crippen molar-refractivity contribution < 1.29 is 14.4 Å². The molecule has 3 aromatic rings. The largest absolute Gasteiger partial charge is 0.353 e. The van der Waals surface area contributed by atoms with Crippen LogP contribution in [0.5, 0.6) is 0 Å². The number of nitrogens with zero attached hydrogens (tertiary/aromatic N) is 2. The number of likely N-dealkylation sites (N-methyl/N-ethyl adjacent to an activating group) is 1. The van der Waals surface area contributed by atoms with Gasteiger partial charge in [0.25, 0.3) is 0 Å². The molecule has 3 rings (SSSR count). The van der Waals surface area contributed by atoms with Gasteiger partial charge in [0.1, 0.15) is 6.04 Å². The van der Waals surface area contributed by atoms with Crippen molar-refractivity contribution in [1.82, 2.24) is 20.4 Å². The molecule has 7 nitrogen and oxygen atoms in total. The van der Waals surface area contributed by atoms with E-state index < -0.39 is 6.04 Å². The van der Waals surface area contributed by atoms with Gasteiger partial charge in [-0.3, -0.25) is 9.59 Å². The van der Waals surface area contributed by atoms with Crippen LogP contribution < -0.4 is 10.6 Å². The number of carbonyl (C=O) groups excluding carboxylic acids is 3. The first-order chi connectivity index (χ1) is 18.3. The molecular weight excluding hydrogens is 496 g/mol. The highest BCUT2D eigenvalue weighted by atomic mass is 32.2. The van der Waals surface area contributed by atoms with Crippen molar-refractivity contribution in [2.24, 2.45) is 0 Å². The number of benzene rings is 3. The Bertz CT molecular complexity index is 1200. The lowest BCUT2D eigenvalue weighted by atomic mass is 10.0. The summed E-state index contributed by atoms with van der Waals surface area (Å²) in [4.78, 5) is 41.9. The summed E-state index contributed by atoms with van der Waals surface area (Å²) in [5.74, 6) is 0.288. The smallest absolute Gasteiger partial charge is 0.318 e. The zero-order valence-corrected chi connectivity index (χ0v) is 23.3. The van der Waals surface area contributed by atoms with E-state index in [1.807, 2.05) is 79.7 Å². The summed E-state index contributed by atoms with van der Waals surface area (Å²) in [6.07, 6.45) is 1.06. The van der Waals surface area contributed by atoms with Crippen molar-refractivity contribution in [2.75, 3.05) is 46.0 Å². The van der Waals surface area contributed by atoms with Gasteiger partial charge >= 0.3 is 6.03 Å². The molecule has 2 N–H and O–H groups in total. The fourth-order valence-corrected chi connectivity index (χ4v) is 4.70. The zero-order chi connectivity index (χ0) is 27.3. The highest BCUT2D eigenvalue weighted by Gasteiger charge is 2.24. The number of hydrogen-bond donors (Lipinski definition) is 2. The minimum Gasteiger partial charge on any atom is -0.353 e. The molecule has 0 aliphatic rings. The zero-order valence-electron chi connectivity index (χ0n) is 22.5. The minimum absolute atomic E-state index is 0.0165. The van der Waals surface area contributed by atoms with Gasteiger partial charge in [-0.25, -0.2) is 4.79 Å². The summed E-state index contributed by atoms with van der Waals surface area (Å²) in [5.41, 5.74) is 2.10. The van der Waals surface area contributed by atoms with E-state index in [1.165, 1.54) is 18.7 Å². The molecule has 1 unspecified atom stereocenters. The Kier molecular flexibility index (Phi) is 11.6. The molecule has 0 fully saturated rings. The predicted octanol–water partition coefficient (Wildman–Crippen LogP) is 3.96. The van der Waals surface area contributed by atoms with Gasteiger partial charge in [0.15, 0.2) is 5.12 Å². The highest BCUT2D eigenvalue weighted by Crippen LogP contribution is 2.17. The van der Waals surface area contributed by atoms with Gasteiger partial charge in [0, 0.05) is 45.3 Å². The van der Waals surface area contributed by atoms with Crippen LogP contribution in [0, 0.1) is 0 Å². The molecule has 0 bridgehead atoms. The molecule has 38 heavy (non-hydrogen) atoms. The first-order valence-electron chi connectivity index (χ1n) is 12.9. The molecular formula is C30H38N4O3S. The third kappa shape index (κ3) is 9.84. The fraction of sp³-hybridized carbons (Fsp3) is 0.367. The van der Waals surface area contributed by atoms with E-state index in [0.29, 0.717) is 44.8 Å². The number of hydrogen-bond acceptors (Lipinski definition) is 5. The molecule has 0 aliphatic carbocycles. The van der Waals surface area contributed by atoms with Crippen molar-refractivity contribution in [3.8, 4) is 0 Å². The molecule has 3 aromatic carbocycles. The van der Waals surface area contributed by atoms with Crippen molar-refractivity contribution in [2.45, 2.75) is 25.8 Å². The topological polar surface area (TPSA) is 81.8 Å². The fourth-order valence-electron chi connectivity index (χ4n) is 4.10. The van der Waals surface area contributed by atoms with Crippen LogP contribution >= 0.6 is 11.8 Å². The molecule has 0 aromatic heterocycles. The highest BCUT2D eigenvalue weighted by molar-refractivity contribution is 8.13. The molecule has 3 amide bonds. The van der Waals surface area contributed by atoms with Gasteiger partial charge in [0.2, 0.25) is 5.91 Å². The molecule has 8 heteroatoms. The van der Waals surface area contributed by atoms with Crippen LogP contribution in [-0.2, 0) is 22.4 Å². The van der Waals surface area contributed by atoms with E-state index in [0.717, 1.165) is 21.9 Å². The van der Waals surface area contributed by atoms with Crippen LogP contribution in [0.4, 0.5) is 4.79 Å². The van der Waals surface area contributed by atoms with Crippen LogP contribution in [0.25, 0.3) is 10.8 Å². The molecule has 0 spiro atoms. The Morgan fingerprint density at radius 1 is 0.842 bits per heavy atom.